The molecule has 35 heavy (non-hydrogen) atoms. The number of esters is 1. The maximum Gasteiger partial charge on any atom is 0.355 e. The highest BCUT2D eigenvalue weighted by atomic mass is 35.5. The molecule has 0 spiro atoms. The number of fused-ring (bicyclic) bond motifs is 1. The monoisotopic (exact) mass is 545 g/mol. The topological polar surface area (TPSA) is 96.9 Å². The van der Waals surface area contributed by atoms with Crippen LogP contribution in [0.5, 0.6) is 5.75 Å². The van der Waals surface area contributed by atoms with Crippen LogP contribution in [0.4, 0.5) is 5.69 Å². The van der Waals surface area contributed by atoms with Crippen LogP contribution in [0, 0.1) is 0 Å². The van der Waals surface area contributed by atoms with E-state index >= 15 is 0 Å². The van der Waals surface area contributed by atoms with Crippen LogP contribution in [0.25, 0.3) is 10.1 Å². The van der Waals surface area contributed by atoms with Crippen LogP contribution in [0.3, 0.4) is 0 Å². The number of nitrogens with one attached hydrogen (secondary N) is 2. The van der Waals surface area contributed by atoms with E-state index in [0.29, 0.717) is 15.5 Å². The fourth-order valence-electron chi connectivity index (χ4n) is 2.95. The highest BCUT2D eigenvalue weighted by Crippen LogP contribution is 2.35. The largest absolute Gasteiger partial charge is 0.422 e. The van der Waals surface area contributed by atoms with Gasteiger partial charge in [-0.1, -0.05) is 71.2 Å². The van der Waals surface area contributed by atoms with Gasteiger partial charge in [-0.25, -0.2) is 10.2 Å². The van der Waals surface area contributed by atoms with Gasteiger partial charge in [0.05, 0.1) is 27.0 Å². The molecule has 0 unspecified atom stereocenters. The van der Waals surface area contributed by atoms with E-state index in [9.17, 15) is 14.4 Å². The molecule has 0 saturated carbocycles. The molecule has 0 aliphatic carbocycles. The van der Waals surface area contributed by atoms with E-state index < -0.39 is 17.8 Å². The summed E-state index contributed by atoms with van der Waals surface area (Å²) in [5.74, 6) is -2.32. The Bertz CT molecular complexity index is 1490. The molecule has 4 rings (SSSR count). The van der Waals surface area contributed by atoms with E-state index in [0.717, 1.165) is 10.1 Å². The number of ether oxygens (including phenoxy) is 1. The zero-order valence-corrected chi connectivity index (χ0v) is 20.6. The maximum atomic E-state index is 12.6. The van der Waals surface area contributed by atoms with Gasteiger partial charge in [0.2, 0.25) is 0 Å². The number of rotatable bonds is 5. The van der Waals surface area contributed by atoms with Crippen LogP contribution in [0.2, 0.25) is 15.1 Å². The summed E-state index contributed by atoms with van der Waals surface area (Å²) in [7, 11) is 0. The van der Waals surface area contributed by atoms with E-state index in [2.05, 4.69) is 15.8 Å². The number of benzene rings is 3. The number of carbonyl (C=O) groups excluding carboxylic acids is 3. The maximum absolute atomic E-state index is 12.6. The number of anilines is 1. The van der Waals surface area contributed by atoms with Crippen molar-refractivity contribution in [3.8, 4) is 5.75 Å². The molecule has 0 aliphatic heterocycles. The van der Waals surface area contributed by atoms with Gasteiger partial charge in [0.25, 0.3) is 0 Å². The Kier molecular flexibility index (Phi) is 7.67. The second-order valence-electron chi connectivity index (χ2n) is 6.96. The number of carbonyl (C=O) groups is 3. The first-order valence-electron chi connectivity index (χ1n) is 9.91. The van der Waals surface area contributed by atoms with E-state index in [1.807, 2.05) is 24.3 Å². The number of halogens is 3. The van der Waals surface area contributed by atoms with Crippen molar-refractivity contribution in [3.63, 3.8) is 0 Å². The normalized spacial score (nSPS) is 10.9. The SMILES string of the molecule is O=C(N/N=C\c1cccc(OC(=O)c2sc3ccccc3c2Cl)c1)C(=O)Nc1cccc(Cl)c1Cl. The molecule has 7 nitrogen and oxygen atoms in total. The quantitative estimate of drug-likeness (QED) is 0.103. The number of amides is 2. The lowest BCUT2D eigenvalue weighted by atomic mass is 10.2. The summed E-state index contributed by atoms with van der Waals surface area (Å²) in [6, 6.07) is 18.5. The van der Waals surface area contributed by atoms with Gasteiger partial charge in [0.15, 0.2) is 0 Å². The molecule has 0 radical (unpaired) electrons. The van der Waals surface area contributed by atoms with Crippen molar-refractivity contribution in [2.24, 2.45) is 5.10 Å². The molecule has 1 aromatic heterocycles. The van der Waals surface area contributed by atoms with Gasteiger partial charge < -0.3 is 10.1 Å². The number of nitrogens with zero attached hydrogens (tertiary/aromatic N) is 1. The molecule has 0 fully saturated rings. The Hall–Kier alpha value is -3.43. The molecule has 11 heteroatoms. The lowest BCUT2D eigenvalue weighted by Gasteiger charge is -2.07. The first-order valence-corrected chi connectivity index (χ1v) is 11.9. The minimum Gasteiger partial charge on any atom is -0.422 e. The van der Waals surface area contributed by atoms with Gasteiger partial charge in [-0.05, 0) is 35.9 Å². The van der Waals surface area contributed by atoms with Crippen molar-refractivity contribution in [1.82, 2.24) is 5.43 Å². The number of hydrogen-bond acceptors (Lipinski definition) is 6. The smallest absolute Gasteiger partial charge is 0.355 e. The molecule has 2 N–H and O–H groups in total. The molecular formula is C24H14Cl3N3O4S. The van der Waals surface area contributed by atoms with Gasteiger partial charge in [0, 0.05) is 10.1 Å². The highest BCUT2D eigenvalue weighted by molar-refractivity contribution is 7.21. The Labute approximate surface area is 218 Å². The fourth-order valence-corrected chi connectivity index (χ4v) is 4.69. The van der Waals surface area contributed by atoms with Crippen LogP contribution in [-0.2, 0) is 9.59 Å². The lowest BCUT2D eigenvalue weighted by molar-refractivity contribution is -0.136. The molecule has 0 aliphatic rings. The summed E-state index contributed by atoms with van der Waals surface area (Å²) < 4.78 is 6.33. The predicted molar refractivity (Wildman–Crippen MR) is 139 cm³/mol. The zero-order valence-electron chi connectivity index (χ0n) is 17.6. The van der Waals surface area contributed by atoms with Gasteiger partial charge in [-0.2, -0.15) is 5.10 Å². The predicted octanol–water partition coefficient (Wildman–Crippen LogP) is 6.17. The minimum absolute atomic E-state index is 0.113. The summed E-state index contributed by atoms with van der Waals surface area (Å²) >= 11 is 19.5. The summed E-state index contributed by atoms with van der Waals surface area (Å²) in [6.45, 7) is 0. The van der Waals surface area contributed by atoms with Gasteiger partial charge in [0.1, 0.15) is 10.6 Å². The first-order chi connectivity index (χ1) is 16.8. The van der Waals surface area contributed by atoms with Gasteiger partial charge in [-0.15, -0.1) is 11.3 Å². The van der Waals surface area contributed by atoms with Gasteiger partial charge in [-0.3, -0.25) is 9.59 Å². The molecule has 4 aromatic rings. The van der Waals surface area contributed by atoms with Crippen molar-refractivity contribution < 1.29 is 19.1 Å². The molecule has 0 saturated heterocycles. The van der Waals surface area contributed by atoms with Gasteiger partial charge >= 0.3 is 17.8 Å². The van der Waals surface area contributed by atoms with Crippen LogP contribution >= 0.6 is 46.1 Å². The number of hydrogen-bond donors (Lipinski definition) is 2. The molecule has 1 heterocycles. The molecule has 2 amide bonds. The number of hydrazone groups is 1. The molecule has 176 valence electrons. The second-order valence-corrected chi connectivity index (χ2v) is 9.17. The van der Waals surface area contributed by atoms with Crippen molar-refractivity contribution in [2.75, 3.05) is 5.32 Å². The summed E-state index contributed by atoms with van der Waals surface area (Å²) in [6.07, 6.45) is 1.29. The van der Waals surface area contributed by atoms with Crippen LogP contribution in [-0.4, -0.2) is 24.0 Å². The Balaban J connectivity index is 1.38. The van der Waals surface area contributed by atoms with Crippen LogP contribution in [0.15, 0.2) is 71.8 Å². The Morgan fingerprint density at radius 1 is 0.886 bits per heavy atom. The average molecular weight is 547 g/mol. The Morgan fingerprint density at radius 3 is 2.46 bits per heavy atom. The van der Waals surface area contributed by atoms with Crippen LogP contribution < -0.4 is 15.5 Å². The summed E-state index contributed by atoms with van der Waals surface area (Å²) in [5.41, 5.74) is 2.81. The third-order valence-corrected chi connectivity index (χ3v) is 7.05. The van der Waals surface area contributed by atoms with E-state index in [4.69, 9.17) is 39.5 Å². The van der Waals surface area contributed by atoms with Crippen molar-refractivity contribution >= 4 is 85.9 Å². The van der Waals surface area contributed by atoms with E-state index in [-0.39, 0.29) is 21.5 Å². The molecule has 0 bridgehead atoms. The summed E-state index contributed by atoms with van der Waals surface area (Å²) in [5, 5.41) is 7.58. The van der Waals surface area contributed by atoms with Crippen molar-refractivity contribution in [1.29, 1.82) is 0 Å². The third kappa shape index (κ3) is 5.80. The summed E-state index contributed by atoms with van der Waals surface area (Å²) in [4.78, 5) is 37.0. The molecule has 3 aromatic carbocycles. The highest BCUT2D eigenvalue weighted by Gasteiger charge is 2.19. The average Bonchev–Trinajstić information content (AvgIpc) is 3.19. The standard InChI is InChI=1S/C24H14Cl3N3O4S/c25-16-8-4-9-17(20(16)27)29-22(31)23(32)30-28-12-13-5-3-6-14(11-13)34-24(33)21-19(26)15-7-1-2-10-18(15)35-21/h1-12H,(H,29,31)(H,30,32)/b28-12-. The lowest BCUT2D eigenvalue weighted by Crippen LogP contribution is -2.32. The minimum atomic E-state index is -1.01. The second kappa shape index (κ2) is 10.9. The fraction of sp³-hybridized carbons (Fsp3) is 0. The van der Waals surface area contributed by atoms with Crippen molar-refractivity contribution in [2.45, 2.75) is 0 Å². The van der Waals surface area contributed by atoms with Crippen LogP contribution in [0.1, 0.15) is 15.2 Å². The third-order valence-electron chi connectivity index (χ3n) is 4.57. The van der Waals surface area contributed by atoms with E-state index in [1.165, 1.54) is 23.6 Å². The van der Waals surface area contributed by atoms with E-state index in [1.54, 1.807) is 36.4 Å². The zero-order chi connectivity index (χ0) is 24.9. The number of thiophene rings is 1. The van der Waals surface area contributed by atoms with Crippen molar-refractivity contribution in [3.05, 3.63) is 92.2 Å². The molecular weight excluding hydrogens is 533 g/mol. The Morgan fingerprint density at radius 2 is 1.66 bits per heavy atom. The first kappa shape index (κ1) is 24.7. The molecule has 0 atom stereocenters.